The lowest BCUT2D eigenvalue weighted by atomic mass is 9.87. The Morgan fingerprint density at radius 1 is 1.03 bits per heavy atom. The van der Waals surface area contributed by atoms with Crippen molar-refractivity contribution < 1.29 is 8.42 Å². The molecular weight excluding hydrogens is 412 g/mol. The van der Waals surface area contributed by atoms with Crippen LogP contribution in [-0.4, -0.2) is 13.4 Å². The quantitative estimate of drug-likeness (QED) is 0.469. The van der Waals surface area contributed by atoms with Crippen molar-refractivity contribution in [3.05, 3.63) is 71.1 Å². The number of sulfonamides is 1. The third-order valence-corrected chi connectivity index (χ3v) is 7.91. The van der Waals surface area contributed by atoms with E-state index in [1.165, 1.54) is 33.4 Å². The average Bonchev–Trinajstić information content (AvgIpc) is 3.10. The minimum atomic E-state index is -3.71. The fourth-order valence-electron chi connectivity index (χ4n) is 4.25. The second kappa shape index (κ2) is 7.30. The standard InChI is InChI=1S/C24H22N2O2S2/c1-15-7-12-19-22(13-15)29-24-23(19)20(16-5-3-2-4-6-16)14-21(26-24)17-8-10-18(11-9-17)30(25,27)28/h2-6,8-11,14-15H,7,12-13H2,1H3,(H2,25,27,28). The minimum Gasteiger partial charge on any atom is -0.237 e. The highest BCUT2D eigenvalue weighted by molar-refractivity contribution is 7.89. The average molecular weight is 435 g/mol. The van der Waals surface area contributed by atoms with Gasteiger partial charge in [-0.15, -0.1) is 11.3 Å². The third kappa shape index (κ3) is 3.45. The van der Waals surface area contributed by atoms with Gasteiger partial charge in [0.15, 0.2) is 0 Å². The van der Waals surface area contributed by atoms with E-state index in [4.69, 9.17) is 10.1 Å². The molecule has 1 aliphatic rings. The number of aryl methyl sites for hydroxylation is 1. The maximum atomic E-state index is 11.6. The molecule has 6 heteroatoms. The van der Waals surface area contributed by atoms with Crippen molar-refractivity contribution in [3.8, 4) is 22.4 Å². The van der Waals surface area contributed by atoms with Crippen molar-refractivity contribution in [2.45, 2.75) is 31.1 Å². The molecule has 5 rings (SSSR count). The van der Waals surface area contributed by atoms with Crippen molar-refractivity contribution >= 4 is 31.6 Å². The number of nitrogens with two attached hydrogens (primary N) is 1. The van der Waals surface area contributed by atoms with Gasteiger partial charge < -0.3 is 0 Å². The zero-order valence-corrected chi connectivity index (χ0v) is 18.3. The van der Waals surface area contributed by atoms with E-state index < -0.39 is 10.0 Å². The van der Waals surface area contributed by atoms with Crippen LogP contribution >= 0.6 is 11.3 Å². The van der Waals surface area contributed by atoms with Crippen LogP contribution in [0.1, 0.15) is 23.8 Å². The highest BCUT2D eigenvalue weighted by atomic mass is 32.2. The molecule has 0 amide bonds. The smallest absolute Gasteiger partial charge is 0.237 e. The summed E-state index contributed by atoms with van der Waals surface area (Å²) in [5.74, 6) is 0.705. The first-order valence-corrected chi connectivity index (χ1v) is 12.4. The topological polar surface area (TPSA) is 73.0 Å². The van der Waals surface area contributed by atoms with Crippen molar-refractivity contribution in [2.24, 2.45) is 11.1 Å². The van der Waals surface area contributed by atoms with Gasteiger partial charge in [-0.25, -0.2) is 18.5 Å². The summed E-state index contributed by atoms with van der Waals surface area (Å²) in [6.45, 7) is 2.32. The van der Waals surface area contributed by atoms with Crippen molar-refractivity contribution in [2.75, 3.05) is 0 Å². The van der Waals surface area contributed by atoms with Crippen LogP contribution in [0.15, 0.2) is 65.6 Å². The predicted octanol–water partition coefficient (Wildman–Crippen LogP) is 5.40. The first-order chi connectivity index (χ1) is 14.4. The summed E-state index contributed by atoms with van der Waals surface area (Å²) in [6.07, 6.45) is 3.42. The maximum Gasteiger partial charge on any atom is 0.238 e. The molecule has 1 unspecified atom stereocenters. The Labute approximate surface area is 180 Å². The van der Waals surface area contributed by atoms with Gasteiger partial charge in [-0.1, -0.05) is 49.4 Å². The normalized spacial score (nSPS) is 16.5. The molecule has 0 saturated carbocycles. The second-order valence-corrected chi connectivity index (χ2v) is 10.7. The number of primary sulfonamides is 1. The summed E-state index contributed by atoms with van der Waals surface area (Å²) < 4.78 is 23.2. The van der Waals surface area contributed by atoms with E-state index in [1.807, 2.05) is 6.07 Å². The number of hydrogen-bond donors (Lipinski definition) is 1. The number of rotatable bonds is 3. The molecule has 0 fully saturated rings. The largest absolute Gasteiger partial charge is 0.238 e. The molecule has 0 aliphatic heterocycles. The Morgan fingerprint density at radius 2 is 1.77 bits per heavy atom. The monoisotopic (exact) mass is 434 g/mol. The van der Waals surface area contributed by atoms with Crippen LogP contribution in [0.4, 0.5) is 0 Å². The molecule has 152 valence electrons. The lowest BCUT2D eigenvalue weighted by molar-refractivity contribution is 0.509. The van der Waals surface area contributed by atoms with Gasteiger partial charge in [0.05, 0.1) is 10.6 Å². The lowest BCUT2D eigenvalue weighted by Gasteiger charge is -2.18. The lowest BCUT2D eigenvalue weighted by Crippen LogP contribution is -2.11. The molecule has 0 spiro atoms. The van der Waals surface area contributed by atoms with Crippen molar-refractivity contribution in [3.63, 3.8) is 0 Å². The molecule has 2 aromatic carbocycles. The predicted molar refractivity (Wildman–Crippen MR) is 123 cm³/mol. The molecule has 4 aromatic rings. The molecule has 4 nitrogen and oxygen atoms in total. The Morgan fingerprint density at radius 3 is 2.47 bits per heavy atom. The molecule has 30 heavy (non-hydrogen) atoms. The van der Waals surface area contributed by atoms with Gasteiger partial charge in [0.1, 0.15) is 4.83 Å². The molecule has 2 N–H and O–H groups in total. The second-order valence-electron chi connectivity index (χ2n) is 8.02. The van der Waals surface area contributed by atoms with E-state index in [9.17, 15) is 8.42 Å². The van der Waals surface area contributed by atoms with Gasteiger partial charge >= 0.3 is 0 Å². The van der Waals surface area contributed by atoms with Crippen LogP contribution in [0, 0.1) is 5.92 Å². The summed E-state index contributed by atoms with van der Waals surface area (Å²) in [6, 6.07) is 19.2. The van der Waals surface area contributed by atoms with Gasteiger partial charge in [-0.05, 0) is 60.1 Å². The first-order valence-electron chi connectivity index (χ1n) is 10.0. The number of thiophene rings is 1. The van der Waals surface area contributed by atoms with Gasteiger partial charge in [-0.3, -0.25) is 0 Å². The van der Waals surface area contributed by atoms with Gasteiger partial charge in [0.25, 0.3) is 0 Å². The molecule has 0 radical (unpaired) electrons. The summed E-state index contributed by atoms with van der Waals surface area (Å²) in [5.41, 5.74) is 5.54. The van der Waals surface area contributed by atoms with Crippen LogP contribution in [0.25, 0.3) is 32.6 Å². The van der Waals surface area contributed by atoms with Crippen LogP contribution in [0.2, 0.25) is 0 Å². The van der Waals surface area contributed by atoms with Crippen LogP contribution < -0.4 is 5.14 Å². The summed E-state index contributed by atoms with van der Waals surface area (Å²) >= 11 is 1.80. The van der Waals surface area contributed by atoms with Crippen molar-refractivity contribution in [1.82, 2.24) is 4.98 Å². The Kier molecular flexibility index (Phi) is 4.73. The van der Waals surface area contributed by atoms with Crippen LogP contribution in [-0.2, 0) is 22.9 Å². The highest BCUT2D eigenvalue weighted by Crippen LogP contribution is 2.43. The fourth-order valence-corrected chi connectivity index (χ4v) is 6.18. The molecule has 1 aliphatic carbocycles. The van der Waals surface area contributed by atoms with E-state index in [1.54, 1.807) is 35.6 Å². The highest BCUT2D eigenvalue weighted by Gasteiger charge is 2.24. The van der Waals surface area contributed by atoms with Gasteiger partial charge in [0, 0.05) is 15.8 Å². The summed E-state index contributed by atoms with van der Waals surface area (Å²) in [7, 11) is -3.71. The molecule has 2 aromatic heterocycles. The number of benzene rings is 2. The molecule has 0 saturated heterocycles. The number of hydrogen-bond acceptors (Lipinski definition) is 4. The number of pyridine rings is 1. The summed E-state index contributed by atoms with van der Waals surface area (Å²) in [4.78, 5) is 7.61. The van der Waals surface area contributed by atoms with E-state index in [2.05, 4.69) is 37.3 Å². The zero-order valence-electron chi connectivity index (χ0n) is 16.6. The third-order valence-electron chi connectivity index (χ3n) is 5.83. The molecule has 1 atom stereocenters. The summed E-state index contributed by atoms with van der Waals surface area (Å²) in [5, 5.41) is 6.52. The van der Waals surface area contributed by atoms with Gasteiger partial charge in [0.2, 0.25) is 10.0 Å². The Balaban J connectivity index is 1.73. The van der Waals surface area contributed by atoms with E-state index in [-0.39, 0.29) is 4.90 Å². The molecule has 2 heterocycles. The maximum absolute atomic E-state index is 11.6. The number of fused-ring (bicyclic) bond motifs is 3. The number of aromatic nitrogens is 1. The SMILES string of the molecule is CC1CCc2c(sc3nc(-c4ccc(S(N)(=O)=O)cc4)cc(-c4ccccc4)c23)C1. The van der Waals surface area contributed by atoms with E-state index in [0.29, 0.717) is 5.92 Å². The van der Waals surface area contributed by atoms with E-state index >= 15 is 0 Å². The molecular formula is C24H22N2O2S2. The Hall–Kier alpha value is -2.54. The Bertz CT molecular complexity index is 1340. The van der Waals surface area contributed by atoms with Crippen LogP contribution in [0.5, 0.6) is 0 Å². The minimum absolute atomic E-state index is 0.108. The van der Waals surface area contributed by atoms with Crippen LogP contribution in [0.3, 0.4) is 0 Å². The van der Waals surface area contributed by atoms with Crippen molar-refractivity contribution in [1.29, 1.82) is 0 Å². The van der Waals surface area contributed by atoms with E-state index in [0.717, 1.165) is 28.9 Å². The number of nitrogens with zero attached hydrogens (tertiary/aromatic N) is 1. The first kappa shape index (κ1) is 19.4. The fraction of sp³-hybridized carbons (Fsp3) is 0.208. The zero-order chi connectivity index (χ0) is 20.9. The van der Waals surface area contributed by atoms with Gasteiger partial charge in [-0.2, -0.15) is 0 Å². The molecule has 0 bridgehead atoms.